The zero-order chi connectivity index (χ0) is 17.0. The van der Waals surface area contributed by atoms with Gasteiger partial charge >= 0.3 is 5.82 Å². The number of ether oxygens (including phenoxy) is 1. The van der Waals surface area contributed by atoms with E-state index in [1.165, 1.54) is 37.3 Å². The molecule has 0 radical (unpaired) electrons. The number of benzene rings is 1. The number of hydrogen-bond acceptors (Lipinski definition) is 5. The lowest BCUT2D eigenvalue weighted by atomic mass is 10.3. The van der Waals surface area contributed by atoms with Crippen LogP contribution in [0, 0.1) is 22.9 Å². The van der Waals surface area contributed by atoms with E-state index in [-0.39, 0.29) is 11.4 Å². The monoisotopic (exact) mass is 319 g/mol. The third kappa shape index (κ3) is 4.00. The second-order valence-electron chi connectivity index (χ2n) is 4.76. The molecule has 7 nitrogen and oxygen atoms in total. The highest BCUT2D eigenvalue weighted by Gasteiger charge is 2.23. The Morgan fingerprint density at radius 2 is 2.04 bits per heavy atom. The molecule has 0 aliphatic carbocycles. The summed E-state index contributed by atoms with van der Waals surface area (Å²) < 4.78 is 18.8. The summed E-state index contributed by atoms with van der Waals surface area (Å²) >= 11 is 0. The van der Waals surface area contributed by atoms with Crippen molar-refractivity contribution in [1.29, 1.82) is 0 Å². The van der Waals surface area contributed by atoms with Crippen LogP contribution in [0.4, 0.5) is 15.9 Å². The number of nitrogens with one attached hydrogen (secondary N) is 1. The molecular formula is C15H14FN3O4. The highest BCUT2D eigenvalue weighted by Crippen LogP contribution is 2.25. The summed E-state index contributed by atoms with van der Waals surface area (Å²) in [5.41, 5.74) is 0.456. The first-order valence-corrected chi connectivity index (χ1v) is 6.72. The summed E-state index contributed by atoms with van der Waals surface area (Å²) in [5, 5.41) is 13.3. The maximum Gasteiger partial charge on any atom is 0.406 e. The molecule has 1 heterocycles. The predicted molar refractivity (Wildman–Crippen MR) is 80.7 cm³/mol. The molecule has 1 atom stereocenters. The molecule has 8 heteroatoms. The molecule has 0 spiro atoms. The van der Waals surface area contributed by atoms with Crippen LogP contribution in [0.2, 0.25) is 0 Å². The number of hydrogen-bond donors (Lipinski definition) is 1. The maximum atomic E-state index is 13.5. The number of carbonyl (C=O) groups is 1. The normalized spacial score (nSPS) is 11.6. The molecule has 1 aromatic heterocycles. The lowest BCUT2D eigenvalue weighted by Crippen LogP contribution is -2.30. The minimum absolute atomic E-state index is 0.00415. The Labute approximate surface area is 131 Å². The van der Waals surface area contributed by atoms with Gasteiger partial charge in [-0.15, -0.1) is 0 Å². The van der Waals surface area contributed by atoms with E-state index >= 15 is 0 Å². The summed E-state index contributed by atoms with van der Waals surface area (Å²) in [4.78, 5) is 26.1. The van der Waals surface area contributed by atoms with Crippen LogP contribution in [0.15, 0.2) is 36.4 Å². The van der Waals surface area contributed by atoms with Gasteiger partial charge in [0.05, 0.1) is 5.69 Å². The summed E-state index contributed by atoms with van der Waals surface area (Å²) in [6.07, 6.45) is -1.07. The van der Waals surface area contributed by atoms with Crippen molar-refractivity contribution in [3.63, 3.8) is 0 Å². The van der Waals surface area contributed by atoms with Crippen molar-refractivity contribution in [3.8, 4) is 5.75 Å². The zero-order valence-corrected chi connectivity index (χ0v) is 12.4. The SMILES string of the molecule is Cc1ccc(O[C@H](C)C(=O)Nc2ccccc2F)c([N+](=O)[O-])n1. The molecule has 0 bridgehead atoms. The van der Waals surface area contributed by atoms with Gasteiger partial charge < -0.3 is 20.2 Å². The molecular weight excluding hydrogens is 305 g/mol. The van der Waals surface area contributed by atoms with Crippen LogP contribution >= 0.6 is 0 Å². The van der Waals surface area contributed by atoms with Gasteiger partial charge in [0.15, 0.2) is 6.10 Å². The van der Waals surface area contributed by atoms with Gasteiger partial charge in [0.1, 0.15) is 11.5 Å². The summed E-state index contributed by atoms with van der Waals surface area (Å²) in [7, 11) is 0. The number of nitro groups is 1. The largest absolute Gasteiger partial charge is 0.473 e. The Bertz CT molecular complexity index is 751. The molecule has 1 aromatic carbocycles. The van der Waals surface area contributed by atoms with Crippen molar-refractivity contribution in [2.24, 2.45) is 0 Å². The molecule has 0 saturated carbocycles. The number of rotatable bonds is 5. The summed E-state index contributed by atoms with van der Waals surface area (Å²) in [5.74, 6) is -1.83. The van der Waals surface area contributed by atoms with E-state index < -0.39 is 28.6 Å². The highest BCUT2D eigenvalue weighted by atomic mass is 19.1. The van der Waals surface area contributed by atoms with Crippen LogP contribution in [0.3, 0.4) is 0 Å². The van der Waals surface area contributed by atoms with Crippen LogP contribution in [0.25, 0.3) is 0 Å². The number of pyridine rings is 1. The van der Waals surface area contributed by atoms with Gasteiger partial charge in [-0.2, -0.15) is 0 Å². The van der Waals surface area contributed by atoms with Gasteiger partial charge in [-0.1, -0.05) is 12.1 Å². The molecule has 0 aliphatic rings. The molecule has 23 heavy (non-hydrogen) atoms. The van der Waals surface area contributed by atoms with Crippen molar-refractivity contribution in [3.05, 3.63) is 58.0 Å². The molecule has 120 valence electrons. The zero-order valence-electron chi connectivity index (χ0n) is 12.4. The minimum Gasteiger partial charge on any atom is -0.473 e. The van der Waals surface area contributed by atoms with Crippen molar-refractivity contribution in [1.82, 2.24) is 4.98 Å². The number of aryl methyl sites for hydroxylation is 1. The fourth-order valence-corrected chi connectivity index (χ4v) is 1.79. The molecule has 2 rings (SSSR count). The van der Waals surface area contributed by atoms with Crippen LogP contribution in [-0.2, 0) is 4.79 Å². The second-order valence-corrected chi connectivity index (χ2v) is 4.76. The average Bonchev–Trinajstić information content (AvgIpc) is 2.51. The van der Waals surface area contributed by atoms with E-state index in [1.807, 2.05) is 0 Å². The summed E-state index contributed by atoms with van der Waals surface area (Å²) in [6.45, 7) is 3.00. The van der Waals surface area contributed by atoms with E-state index in [2.05, 4.69) is 10.3 Å². The second kappa shape index (κ2) is 6.82. The molecule has 0 aliphatic heterocycles. The van der Waals surface area contributed by atoms with Crippen LogP contribution in [-0.4, -0.2) is 21.9 Å². The third-order valence-electron chi connectivity index (χ3n) is 2.96. The van der Waals surface area contributed by atoms with E-state index in [1.54, 1.807) is 13.0 Å². The van der Waals surface area contributed by atoms with E-state index in [0.29, 0.717) is 5.69 Å². The molecule has 2 aromatic rings. The number of aromatic nitrogens is 1. The van der Waals surface area contributed by atoms with Crippen LogP contribution in [0.1, 0.15) is 12.6 Å². The first-order chi connectivity index (χ1) is 10.9. The number of para-hydroxylation sites is 1. The van der Waals surface area contributed by atoms with Crippen LogP contribution in [0.5, 0.6) is 5.75 Å². The lowest BCUT2D eigenvalue weighted by Gasteiger charge is -2.14. The highest BCUT2D eigenvalue weighted by molar-refractivity contribution is 5.94. The number of halogens is 1. The van der Waals surface area contributed by atoms with Gasteiger partial charge in [0.25, 0.3) is 5.91 Å². The van der Waals surface area contributed by atoms with E-state index in [0.717, 1.165) is 0 Å². The number of carbonyl (C=O) groups excluding carboxylic acids is 1. The first kappa shape index (κ1) is 16.3. The topological polar surface area (TPSA) is 94.4 Å². The Kier molecular flexibility index (Phi) is 4.85. The van der Waals surface area contributed by atoms with Crippen molar-refractivity contribution in [2.45, 2.75) is 20.0 Å². The number of anilines is 1. The Morgan fingerprint density at radius 1 is 1.35 bits per heavy atom. The van der Waals surface area contributed by atoms with Gasteiger partial charge in [0, 0.05) is 6.92 Å². The Morgan fingerprint density at radius 3 is 2.70 bits per heavy atom. The quantitative estimate of drug-likeness (QED) is 0.675. The number of nitrogens with zero attached hydrogens (tertiary/aromatic N) is 2. The predicted octanol–water partition coefficient (Wildman–Crippen LogP) is 2.84. The average molecular weight is 319 g/mol. The van der Waals surface area contributed by atoms with Gasteiger partial charge in [0.2, 0.25) is 5.75 Å². The Hall–Kier alpha value is -3.03. The maximum absolute atomic E-state index is 13.5. The third-order valence-corrected chi connectivity index (χ3v) is 2.96. The Balaban J connectivity index is 2.13. The molecule has 0 saturated heterocycles. The molecule has 0 fully saturated rings. The van der Waals surface area contributed by atoms with Crippen molar-refractivity contribution >= 4 is 17.4 Å². The summed E-state index contributed by atoms with van der Waals surface area (Å²) in [6, 6.07) is 8.56. The smallest absolute Gasteiger partial charge is 0.406 e. The fourth-order valence-electron chi connectivity index (χ4n) is 1.79. The fraction of sp³-hybridized carbons (Fsp3) is 0.200. The standard InChI is InChI=1S/C15H14FN3O4/c1-9-7-8-13(14(17-9)19(21)22)23-10(2)15(20)18-12-6-4-3-5-11(12)16/h3-8,10H,1-2H3,(H,18,20)/t10-/m1/s1. The first-order valence-electron chi connectivity index (χ1n) is 6.72. The van der Waals surface area contributed by atoms with Gasteiger partial charge in [-0.3, -0.25) is 4.79 Å². The van der Waals surface area contributed by atoms with E-state index in [4.69, 9.17) is 4.74 Å². The molecule has 1 amide bonds. The van der Waals surface area contributed by atoms with Gasteiger partial charge in [-0.25, -0.2) is 4.39 Å². The van der Waals surface area contributed by atoms with Crippen molar-refractivity contribution in [2.75, 3.05) is 5.32 Å². The van der Waals surface area contributed by atoms with Gasteiger partial charge in [-0.05, 0) is 41.1 Å². The van der Waals surface area contributed by atoms with Crippen LogP contribution < -0.4 is 10.1 Å². The van der Waals surface area contributed by atoms with Crippen molar-refractivity contribution < 1.29 is 18.8 Å². The molecule has 0 unspecified atom stereocenters. The molecule has 1 N–H and O–H groups in total. The van der Waals surface area contributed by atoms with E-state index in [9.17, 15) is 19.3 Å². The lowest BCUT2D eigenvalue weighted by molar-refractivity contribution is -0.390. The number of amides is 1. The minimum atomic E-state index is -1.07.